The Morgan fingerprint density at radius 3 is 2.73 bits per heavy atom. The van der Waals surface area contributed by atoms with E-state index in [1.165, 1.54) is 25.7 Å². The zero-order chi connectivity index (χ0) is 11.3. The van der Waals surface area contributed by atoms with Crippen LogP contribution in [0.1, 0.15) is 39.0 Å². The largest absolute Gasteiger partial charge is 0.225 e. The third-order valence-electron chi connectivity index (χ3n) is 3.06. The summed E-state index contributed by atoms with van der Waals surface area (Å²) in [7, 11) is -3.22. The minimum absolute atomic E-state index is 0.339. The van der Waals surface area contributed by atoms with Crippen LogP contribution in [0.2, 0.25) is 0 Å². The Kier molecular flexibility index (Phi) is 5.36. The van der Waals surface area contributed by atoms with Crippen LogP contribution in [0.15, 0.2) is 0 Å². The van der Waals surface area contributed by atoms with Crippen LogP contribution in [0.5, 0.6) is 0 Å². The second kappa shape index (κ2) is 6.06. The molecule has 0 radical (unpaired) electrons. The summed E-state index contributed by atoms with van der Waals surface area (Å²) >= 11 is 5.29. The van der Waals surface area contributed by atoms with Gasteiger partial charge in [0.15, 0.2) is 0 Å². The molecule has 2 atom stereocenters. The third kappa shape index (κ3) is 5.18. The molecule has 0 saturated heterocycles. The van der Waals surface area contributed by atoms with Crippen LogP contribution >= 0.6 is 11.6 Å². The van der Waals surface area contributed by atoms with Crippen molar-refractivity contribution in [2.24, 2.45) is 11.8 Å². The summed E-state index contributed by atoms with van der Waals surface area (Å²) in [4.78, 5) is 0. The lowest BCUT2D eigenvalue weighted by molar-refractivity contribution is 0.271. The van der Waals surface area contributed by atoms with E-state index in [2.05, 4.69) is 11.6 Å². The number of rotatable bonds is 5. The minimum Gasteiger partial charge on any atom is -0.214 e. The molecule has 15 heavy (non-hydrogen) atoms. The predicted molar refractivity (Wildman–Crippen MR) is 63.4 cm³/mol. The zero-order valence-electron chi connectivity index (χ0n) is 9.21. The van der Waals surface area contributed by atoms with Crippen LogP contribution in [0.4, 0.5) is 0 Å². The molecule has 0 aromatic rings. The Bertz CT molecular complexity index is 279. The molecule has 0 spiro atoms. The highest BCUT2D eigenvalue weighted by Gasteiger charge is 2.19. The molecule has 1 fully saturated rings. The average Bonchev–Trinajstić information content (AvgIpc) is 2.18. The summed E-state index contributed by atoms with van der Waals surface area (Å²) in [5, 5.41) is -0.339. The van der Waals surface area contributed by atoms with Gasteiger partial charge in [-0.25, -0.2) is 13.1 Å². The fraction of sp³-hybridized carbons (Fsp3) is 1.00. The molecule has 3 nitrogen and oxygen atoms in total. The van der Waals surface area contributed by atoms with Crippen molar-refractivity contribution in [2.75, 3.05) is 11.8 Å². The van der Waals surface area contributed by atoms with Crippen molar-refractivity contribution >= 4 is 21.6 Å². The van der Waals surface area contributed by atoms with Gasteiger partial charge in [0.05, 0.1) is 0 Å². The number of nitrogens with one attached hydrogen (secondary N) is 1. The molecule has 5 heteroatoms. The number of hydrogen-bond acceptors (Lipinski definition) is 2. The fourth-order valence-corrected chi connectivity index (χ4v) is 3.02. The van der Waals surface area contributed by atoms with Crippen molar-refractivity contribution in [1.29, 1.82) is 0 Å². The van der Waals surface area contributed by atoms with Gasteiger partial charge in [0.2, 0.25) is 10.0 Å². The van der Waals surface area contributed by atoms with Crippen LogP contribution in [0.3, 0.4) is 0 Å². The summed E-state index contributed by atoms with van der Waals surface area (Å²) in [5.74, 6) is 1.49. The molecule has 0 bridgehead atoms. The van der Waals surface area contributed by atoms with Crippen molar-refractivity contribution < 1.29 is 8.42 Å². The summed E-state index contributed by atoms with van der Waals surface area (Å²) in [5.41, 5.74) is 0. The monoisotopic (exact) mass is 253 g/mol. The maximum Gasteiger partial charge on any atom is 0.225 e. The summed E-state index contributed by atoms with van der Waals surface area (Å²) in [6.45, 7) is 2.81. The molecule has 1 aliphatic rings. The normalized spacial score (nSPS) is 27.9. The highest BCUT2D eigenvalue weighted by molar-refractivity contribution is 7.90. The molecule has 1 aliphatic carbocycles. The first-order chi connectivity index (χ1) is 7.03. The van der Waals surface area contributed by atoms with E-state index in [4.69, 9.17) is 11.6 Å². The van der Waals surface area contributed by atoms with Crippen LogP contribution in [0, 0.1) is 11.8 Å². The molecule has 0 heterocycles. The molecule has 1 N–H and O–H groups in total. The van der Waals surface area contributed by atoms with Crippen molar-refractivity contribution in [2.45, 2.75) is 39.0 Å². The molecule has 1 rings (SSSR count). The molecular weight excluding hydrogens is 234 g/mol. The molecule has 0 amide bonds. The standard InChI is InChI=1S/C10H20ClNO2S/c1-9-3-2-4-10(7-9)5-6-12-15(13,14)8-11/h9-10,12H,2-8H2,1H3. The van der Waals surface area contributed by atoms with Gasteiger partial charge in [-0.05, 0) is 24.7 Å². The lowest BCUT2D eigenvalue weighted by atomic mass is 9.81. The predicted octanol–water partition coefficient (Wildman–Crippen LogP) is 2.32. The van der Waals surface area contributed by atoms with E-state index in [0.717, 1.165) is 12.3 Å². The van der Waals surface area contributed by atoms with Gasteiger partial charge in [-0.1, -0.05) is 26.2 Å². The van der Waals surface area contributed by atoms with Gasteiger partial charge >= 0.3 is 0 Å². The average molecular weight is 254 g/mol. The summed E-state index contributed by atoms with van der Waals surface area (Å²) < 4.78 is 24.6. The third-order valence-corrected chi connectivity index (χ3v) is 4.86. The van der Waals surface area contributed by atoms with Crippen LogP contribution in [-0.4, -0.2) is 20.2 Å². The highest BCUT2D eigenvalue weighted by atomic mass is 35.5. The van der Waals surface area contributed by atoms with E-state index in [-0.39, 0.29) is 5.21 Å². The van der Waals surface area contributed by atoms with E-state index < -0.39 is 10.0 Å². The number of alkyl halides is 1. The molecule has 1 saturated carbocycles. The van der Waals surface area contributed by atoms with E-state index in [9.17, 15) is 8.42 Å². The van der Waals surface area contributed by atoms with Gasteiger partial charge in [-0.3, -0.25) is 0 Å². The number of hydrogen-bond donors (Lipinski definition) is 1. The Hall–Kier alpha value is 0.200. The van der Waals surface area contributed by atoms with E-state index in [0.29, 0.717) is 12.5 Å². The maximum absolute atomic E-state index is 11.1. The van der Waals surface area contributed by atoms with Crippen LogP contribution < -0.4 is 4.72 Å². The minimum atomic E-state index is -3.22. The first-order valence-corrected chi connectivity index (χ1v) is 7.75. The number of halogens is 1. The van der Waals surface area contributed by atoms with E-state index in [1.807, 2.05) is 0 Å². The molecule has 0 aromatic heterocycles. The highest BCUT2D eigenvalue weighted by Crippen LogP contribution is 2.30. The molecule has 2 unspecified atom stereocenters. The smallest absolute Gasteiger partial charge is 0.214 e. The maximum atomic E-state index is 11.1. The Balaban J connectivity index is 2.20. The second-order valence-corrected chi connectivity index (χ2v) is 6.94. The topological polar surface area (TPSA) is 46.2 Å². The zero-order valence-corrected chi connectivity index (χ0v) is 10.8. The Labute approximate surface area is 97.6 Å². The van der Waals surface area contributed by atoms with Crippen LogP contribution in [-0.2, 0) is 10.0 Å². The van der Waals surface area contributed by atoms with Gasteiger partial charge < -0.3 is 0 Å². The van der Waals surface area contributed by atoms with Gasteiger partial charge in [-0.2, -0.15) is 0 Å². The SMILES string of the molecule is CC1CCCC(CCNS(=O)(=O)CCl)C1. The lowest BCUT2D eigenvalue weighted by Gasteiger charge is -2.26. The van der Waals surface area contributed by atoms with Gasteiger partial charge in [0, 0.05) is 6.54 Å². The number of sulfonamides is 1. The van der Waals surface area contributed by atoms with E-state index >= 15 is 0 Å². The van der Waals surface area contributed by atoms with Crippen molar-refractivity contribution in [3.05, 3.63) is 0 Å². The molecule has 90 valence electrons. The van der Waals surface area contributed by atoms with Crippen molar-refractivity contribution in [3.8, 4) is 0 Å². The quantitative estimate of drug-likeness (QED) is 0.765. The Morgan fingerprint density at radius 1 is 1.40 bits per heavy atom. The molecular formula is C10H20ClNO2S. The second-order valence-electron chi connectivity index (χ2n) is 4.54. The first kappa shape index (κ1) is 13.3. The van der Waals surface area contributed by atoms with Crippen molar-refractivity contribution in [3.63, 3.8) is 0 Å². The van der Waals surface area contributed by atoms with Gasteiger partial charge in [0.25, 0.3) is 0 Å². The molecule has 0 aliphatic heterocycles. The summed E-state index contributed by atoms with van der Waals surface area (Å²) in [6, 6.07) is 0. The fourth-order valence-electron chi connectivity index (χ4n) is 2.28. The Morgan fingerprint density at radius 2 is 2.13 bits per heavy atom. The van der Waals surface area contributed by atoms with Crippen molar-refractivity contribution in [1.82, 2.24) is 4.72 Å². The first-order valence-electron chi connectivity index (χ1n) is 5.57. The van der Waals surface area contributed by atoms with Gasteiger partial charge in [-0.15, -0.1) is 11.6 Å². The molecule has 0 aromatic carbocycles. The van der Waals surface area contributed by atoms with E-state index in [1.54, 1.807) is 0 Å². The van der Waals surface area contributed by atoms with Crippen LogP contribution in [0.25, 0.3) is 0 Å². The lowest BCUT2D eigenvalue weighted by Crippen LogP contribution is -2.27. The summed E-state index contributed by atoms with van der Waals surface area (Å²) in [6.07, 6.45) is 6.04. The van der Waals surface area contributed by atoms with Gasteiger partial charge in [0.1, 0.15) is 5.21 Å².